The van der Waals surface area contributed by atoms with Gasteiger partial charge in [0.25, 0.3) is 5.91 Å². The van der Waals surface area contributed by atoms with E-state index in [0.717, 1.165) is 22.9 Å². The number of anilines is 1. The number of hydrogen-bond acceptors (Lipinski definition) is 3. The van der Waals surface area contributed by atoms with Gasteiger partial charge in [-0.3, -0.25) is 4.79 Å². The van der Waals surface area contributed by atoms with Crippen molar-refractivity contribution in [3.63, 3.8) is 0 Å². The summed E-state index contributed by atoms with van der Waals surface area (Å²) in [7, 11) is 0. The average molecular weight is 379 g/mol. The van der Waals surface area contributed by atoms with Gasteiger partial charge in [0, 0.05) is 6.07 Å². The van der Waals surface area contributed by atoms with Crippen LogP contribution in [0.2, 0.25) is 0 Å². The summed E-state index contributed by atoms with van der Waals surface area (Å²) in [5, 5.41) is 4.51. The van der Waals surface area contributed by atoms with Crippen LogP contribution in [0.5, 0.6) is 5.75 Å². The number of amides is 1. The van der Waals surface area contributed by atoms with E-state index in [-0.39, 0.29) is 18.1 Å². The summed E-state index contributed by atoms with van der Waals surface area (Å²) in [6, 6.07) is 19.6. The first-order valence-corrected chi connectivity index (χ1v) is 8.55. The maximum Gasteiger partial charge on any atom is 0.291 e. The van der Waals surface area contributed by atoms with Crippen molar-refractivity contribution >= 4 is 22.4 Å². The lowest BCUT2D eigenvalue weighted by Crippen LogP contribution is -2.12. The van der Waals surface area contributed by atoms with Crippen LogP contribution in [-0.4, -0.2) is 5.91 Å². The van der Waals surface area contributed by atoms with Gasteiger partial charge in [-0.15, -0.1) is 0 Å². The number of benzene rings is 3. The minimum Gasteiger partial charge on any atom is -0.486 e. The van der Waals surface area contributed by atoms with Crippen LogP contribution in [0.3, 0.4) is 0 Å². The van der Waals surface area contributed by atoms with Crippen LogP contribution >= 0.6 is 0 Å². The number of hydrogen-bond donors (Lipinski definition) is 1. The van der Waals surface area contributed by atoms with Crippen molar-refractivity contribution in [3.05, 3.63) is 96.0 Å². The standard InChI is InChI=1S/C22H15F2NO3/c23-16-6-9-20(19(24)12-16)25-22(26)21-10-8-18(28-21)13-27-17-7-5-14-3-1-2-4-15(14)11-17/h1-12H,13H2,(H,25,26). The van der Waals surface area contributed by atoms with E-state index < -0.39 is 17.5 Å². The molecule has 0 aliphatic rings. The third-order valence-electron chi connectivity index (χ3n) is 4.17. The molecule has 0 saturated heterocycles. The van der Waals surface area contributed by atoms with Crippen LogP contribution in [0, 0.1) is 11.6 Å². The fourth-order valence-electron chi connectivity index (χ4n) is 2.76. The largest absolute Gasteiger partial charge is 0.486 e. The van der Waals surface area contributed by atoms with Crippen LogP contribution in [0.15, 0.2) is 77.2 Å². The Hall–Kier alpha value is -3.67. The third kappa shape index (κ3) is 3.86. The van der Waals surface area contributed by atoms with Crippen molar-refractivity contribution in [1.82, 2.24) is 0 Å². The Morgan fingerprint density at radius 2 is 1.75 bits per heavy atom. The summed E-state index contributed by atoms with van der Waals surface area (Å²) in [6.07, 6.45) is 0. The predicted octanol–water partition coefficient (Wildman–Crippen LogP) is 5.54. The molecule has 0 aliphatic heterocycles. The van der Waals surface area contributed by atoms with Crippen LogP contribution in [-0.2, 0) is 6.61 Å². The van der Waals surface area contributed by atoms with E-state index in [0.29, 0.717) is 17.6 Å². The molecule has 6 heteroatoms. The summed E-state index contributed by atoms with van der Waals surface area (Å²) < 4.78 is 37.8. The summed E-state index contributed by atoms with van der Waals surface area (Å²) in [4.78, 5) is 12.2. The van der Waals surface area contributed by atoms with E-state index in [1.807, 2.05) is 42.5 Å². The monoisotopic (exact) mass is 379 g/mol. The smallest absolute Gasteiger partial charge is 0.291 e. The maximum absolute atomic E-state index is 13.6. The molecule has 0 saturated carbocycles. The number of fused-ring (bicyclic) bond motifs is 1. The number of halogens is 2. The highest BCUT2D eigenvalue weighted by Gasteiger charge is 2.14. The molecule has 1 aromatic heterocycles. The van der Waals surface area contributed by atoms with Crippen molar-refractivity contribution in [2.45, 2.75) is 6.61 Å². The van der Waals surface area contributed by atoms with E-state index in [1.54, 1.807) is 6.07 Å². The van der Waals surface area contributed by atoms with Gasteiger partial charge in [0.2, 0.25) is 0 Å². The fourth-order valence-corrected chi connectivity index (χ4v) is 2.76. The number of carbonyl (C=O) groups excluding carboxylic acids is 1. The van der Waals surface area contributed by atoms with E-state index >= 15 is 0 Å². The van der Waals surface area contributed by atoms with Gasteiger partial charge in [-0.25, -0.2) is 8.78 Å². The Bertz CT molecular complexity index is 1150. The molecular formula is C22H15F2NO3. The minimum absolute atomic E-state index is 0.000775. The predicted molar refractivity (Wildman–Crippen MR) is 101 cm³/mol. The summed E-state index contributed by atoms with van der Waals surface area (Å²) in [5.74, 6) is -1.10. The Balaban J connectivity index is 1.41. The van der Waals surface area contributed by atoms with E-state index in [4.69, 9.17) is 9.15 Å². The lowest BCUT2D eigenvalue weighted by atomic mass is 10.1. The van der Waals surface area contributed by atoms with Gasteiger partial charge in [-0.05, 0) is 47.2 Å². The van der Waals surface area contributed by atoms with Gasteiger partial charge in [0.05, 0.1) is 5.69 Å². The van der Waals surface area contributed by atoms with Crippen molar-refractivity contribution in [2.75, 3.05) is 5.32 Å². The average Bonchev–Trinajstić information content (AvgIpc) is 3.17. The van der Waals surface area contributed by atoms with Gasteiger partial charge in [-0.1, -0.05) is 30.3 Å². The van der Waals surface area contributed by atoms with Gasteiger partial charge in [0.1, 0.15) is 29.8 Å². The molecule has 4 rings (SSSR count). The fraction of sp³-hybridized carbons (Fsp3) is 0.0455. The molecule has 0 spiro atoms. The lowest BCUT2D eigenvalue weighted by molar-refractivity contribution is 0.0992. The Morgan fingerprint density at radius 3 is 2.57 bits per heavy atom. The molecule has 0 atom stereocenters. The summed E-state index contributed by atoms with van der Waals surface area (Å²) in [5.41, 5.74) is -0.128. The molecule has 140 valence electrons. The van der Waals surface area contributed by atoms with E-state index in [2.05, 4.69) is 5.32 Å². The maximum atomic E-state index is 13.6. The summed E-state index contributed by atoms with van der Waals surface area (Å²) >= 11 is 0. The molecule has 1 heterocycles. The molecule has 3 aromatic carbocycles. The van der Waals surface area contributed by atoms with Gasteiger partial charge in [0.15, 0.2) is 5.76 Å². The second kappa shape index (κ2) is 7.52. The number of rotatable bonds is 5. The molecule has 28 heavy (non-hydrogen) atoms. The van der Waals surface area contributed by atoms with E-state index in [1.165, 1.54) is 6.07 Å². The molecular weight excluding hydrogens is 364 g/mol. The Labute approximate surface area is 159 Å². The van der Waals surface area contributed by atoms with Crippen molar-refractivity contribution < 1.29 is 22.7 Å². The second-order valence-corrected chi connectivity index (χ2v) is 6.14. The number of ether oxygens (including phenoxy) is 1. The topological polar surface area (TPSA) is 51.5 Å². The zero-order chi connectivity index (χ0) is 19.5. The zero-order valence-electron chi connectivity index (χ0n) is 14.6. The van der Waals surface area contributed by atoms with Crippen LogP contribution in [0.1, 0.15) is 16.3 Å². The van der Waals surface area contributed by atoms with E-state index in [9.17, 15) is 13.6 Å². The van der Waals surface area contributed by atoms with Gasteiger partial charge >= 0.3 is 0 Å². The number of carbonyl (C=O) groups is 1. The first-order chi connectivity index (χ1) is 13.6. The van der Waals surface area contributed by atoms with Gasteiger partial charge < -0.3 is 14.5 Å². The quantitative estimate of drug-likeness (QED) is 0.495. The minimum atomic E-state index is -0.861. The normalized spacial score (nSPS) is 10.8. The number of nitrogens with one attached hydrogen (secondary N) is 1. The molecule has 1 amide bonds. The zero-order valence-corrected chi connectivity index (χ0v) is 14.6. The van der Waals surface area contributed by atoms with Crippen molar-refractivity contribution in [1.29, 1.82) is 0 Å². The highest BCUT2D eigenvalue weighted by atomic mass is 19.1. The molecule has 1 N–H and O–H groups in total. The van der Waals surface area contributed by atoms with Crippen LogP contribution in [0.4, 0.5) is 14.5 Å². The Morgan fingerprint density at radius 1 is 0.929 bits per heavy atom. The Kier molecular flexibility index (Phi) is 4.76. The van der Waals surface area contributed by atoms with Crippen molar-refractivity contribution in [3.8, 4) is 5.75 Å². The molecule has 0 radical (unpaired) electrons. The highest BCUT2D eigenvalue weighted by molar-refractivity contribution is 6.02. The number of furan rings is 1. The lowest BCUT2D eigenvalue weighted by Gasteiger charge is -2.06. The highest BCUT2D eigenvalue weighted by Crippen LogP contribution is 2.22. The third-order valence-corrected chi connectivity index (χ3v) is 4.17. The second-order valence-electron chi connectivity index (χ2n) is 6.14. The molecule has 4 aromatic rings. The molecule has 0 fully saturated rings. The molecule has 0 bridgehead atoms. The summed E-state index contributed by atoms with van der Waals surface area (Å²) in [6.45, 7) is 0.135. The van der Waals surface area contributed by atoms with Crippen molar-refractivity contribution in [2.24, 2.45) is 0 Å². The molecule has 4 nitrogen and oxygen atoms in total. The van der Waals surface area contributed by atoms with Crippen LogP contribution in [0.25, 0.3) is 10.8 Å². The molecule has 0 unspecified atom stereocenters. The SMILES string of the molecule is O=C(Nc1ccc(F)cc1F)c1ccc(COc2ccc3ccccc3c2)o1. The van der Waals surface area contributed by atoms with Gasteiger partial charge in [-0.2, -0.15) is 0 Å². The first-order valence-electron chi connectivity index (χ1n) is 8.55. The first kappa shape index (κ1) is 17.7. The van der Waals surface area contributed by atoms with Crippen LogP contribution < -0.4 is 10.1 Å². The molecule has 0 aliphatic carbocycles.